The first-order chi connectivity index (χ1) is 9.31. The van der Waals surface area contributed by atoms with E-state index in [1.807, 2.05) is 66.7 Å². The fourth-order valence-corrected chi connectivity index (χ4v) is 1.52. The molecule has 2 aromatic rings. The molecule has 0 aliphatic heterocycles. The van der Waals surface area contributed by atoms with Crippen molar-refractivity contribution in [1.82, 2.24) is 0 Å². The summed E-state index contributed by atoms with van der Waals surface area (Å²) in [6, 6.07) is 17.3. The van der Waals surface area contributed by atoms with Gasteiger partial charge in [0, 0.05) is 0 Å². The largest absolute Gasteiger partial charge is 0.216 e. The van der Waals surface area contributed by atoms with Crippen LogP contribution in [0.25, 0.3) is 18.2 Å². The number of hydrogen-bond acceptors (Lipinski definition) is 0. The molecule has 0 aliphatic carbocycles. The molecule has 0 saturated carbocycles. The smallest absolute Gasteiger partial charge is 0.0872 e. The molecule has 0 aliphatic rings. The van der Waals surface area contributed by atoms with Gasteiger partial charge in [-0.25, -0.2) is 4.39 Å². The zero-order valence-electron chi connectivity index (χ0n) is 10.8. The number of hydrogen-bond donors (Lipinski definition) is 0. The van der Waals surface area contributed by atoms with Gasteiger partial charge in [0.1, 0.15) is 0 Å². The Kier molecular flexibility index (Phi) is 6.67. The van der Waals surface area contributed by atoms with Gasteiger partial charge in [-0.2, -0.15) is 0 Å². The van der Waals surface area contributed by atoms with E-state index >= 15 is 0 Å². The first-order valence-corrected chi connectivity index (χ1v) is 5.97. The van der Waals surface area contributed by atoms with Crippen molar-refractivity contribution >= 4 is 18.2 Å². The molecule has 0 fully saturated rings. The van der Waals surface area contributed by atoms with E-state index in [2.05, 4.69) is 13.2 Å². The molecule has 0 bridgehead atoms. The summed E-state index contributed by atoms with van der Waals surface area (Å²) in [7, 11) is 0. The predicted molar refractivity (Wildman–Crippen MR) is 83.2 cm³/mol. The highest BCUT2D eigenvalue weighted by molar-refractivity contribution is 5.63. The SMILES string of the molecule is C=Cc1ccccc1C=C.FC=Cc1ccccc1. The summed E-state index contributed by atoms with van der Waals surface area (Å²) < 4.78 is 11.5. The minimum Gasteiger partial charge on any atom is -0.216 e. The highest BCUT2D eigenvalue weighted by Crippen LogP contribution is 2.10. The molecule has 96 valence electrons. The van der Waals surface area contributed by atoms with Crippen LogP contribution in [0.2, 0.25) is 0 Å². The fourth-order valence-electron chi connectivity index (χ4n) is 1.52. The zero-order chi connectivity index (χ0) is 13.9. The van der Waals surface area contributed by atoms with Gasteiger partial charge in [-0.3, -0.25) is 0 Å². The topological polar surface area (TPSA) is 0 Å². The molecule has 19 heavy (non-hydrogen) atoms. The minimum atomic E-state index is 0.537. The summed E-state index contributed by atoms with van der Waals surface area (Å²) in [6.45, 7) is 7.38. The van der Waals surface area contributed by atoms with Gasteiger partial charge in [0.05, 0.1) is 6.33 Å². The first kappa shape index (κ1) is 14.7. The third kappa shape index (κ3) is 5.17. The molecule has 1 heteroatoms. The summed E-state index contributed by atoms with van der Waals surface area (Å²) >= 11 is 0. The molecule has 0 N–H and O–H groups in total. The van der Waals surface area contributed by atoms with E-state index in [0.717, 1.165) is 16.7 Å². The Labute approximate surface area is 114 Å². The minimum absolute atomic E-state index is 0.537. The van der Waals surface area contributed by atoms with Gasteiger partial charge in [0.2, 0.25) is 0 Å². The standard InChI is InChI=1S/C10H10.C8H7F/c1-3-9-7-5-6-8-10(9)4-2;9-7-6-8-4-2-1-3-5-8/h3-8H,1-2H2;1-7H. The highest BCUT2D eigenvalue weighted by atomic mass is 19.1. The van der Waals surface area contributed by atoms with Crippen LogP contribution >= 0.6 is 0 Å². The van der Waals surface area contributed by atoms with E-state index in [4.69, 9.17) is 0 Å². The van der Waals surface area contributed by atoms with E-state index in [9.17, 15) is 4.39 Å². The van der Waals surface area contributed by atoms with E-state index in [0.29, 0.717) is 6.33 Å². The van der Waals surface area contributed by atoms with Crippen LogP contribution < -0.4 is 0 Å². The molecule has 0 nitrogen and oxygen atoms in total. The van der Waals surface area contributed by atoms with Crippen molar-refractivity contribution in [3.05, 3.63) is 90.8 Å². The van der Waals surface area contributed by atoms with Crippen LogP contribution in [-0.2, 0) is 0 Å². The van der Waals surface area contributed by atoms with Gasteiger partial charge >= 0.3 is 0 Å². The monoisotopic (exact) mass is 252 g/mol. The Hall–Kier alpha value is -2.41. The van der Waals surface area contributed by atoms with Crippen LogP contribution in [0.15, 0.2) is 74.1 Å². The van der Waals surface area contributed by atoms with Crippen LogP contribution in [0.4, 0.5) is 4.39 Å². The van der Waals surface area contributed by atoms with Crippen molar-refractivity contribution in [3.63, 3.8) is 0 Å². The van der Waals surface area contributed by atoms with E-state index in [-0.39, 0.29) is 0 Å². The molecule has 0 amide bonds. The maximum absolute atomic E-state index is 11.5. The van der Waals surface area contributed by atoms with Crippen LogP contribution in [0.3, 0.4) is 0 Å². The molecule has 0 unspecified atom stereocenters. The summed E-state index contributed by atoms with van der Waals surface area (Å²) in [5.74, 6) is 0. The van der Waals surface area contributed by atoms with E-state index in [1.54, 1.807) is 0 Å². The van der Waals surface area contributed by atoms with E-state index < -0.39 is 0 Å². The second-order valence-corrected chi connectivity index (χ2v) is 3.74. The Morgan fingerprint density at radius 1 is 0.737 bits per heavy atom. The lowest BCUT2D eigenvalue weighted by atomic mass is 10.1. The summed E-state index contributed by atoms with van der Waals surface area (Å²) in [5, 5.41) is 0. The summed E-state index contributed by atoms with van der Waals surface area (Å²) in [6.07, 6.45) is 5.61. The van der Waals surface area contributed by atoms with Crippen molar-refractivity contribution in [2.75, 3.05) is 0 Å². The average molecular weight is 252 g/mol. The molecule has 0 aromatic heterocycles. The van der Waals surface area contributed by atoms with Gasteiger partial charge < -0.3 is 0 Å². The molecular formula is C18H17F. The normalized spacial score (nSPS) is 9.53. The molecule has 0 saturated heterocycles. The molecule has 0 atom stereocenters. The lowest BCUT2D eigenvalue weighted by Crippen LogP contribution is -1.76. The molecule has 0 heterocycles. The number of halogens is 1. The zero-order valence-corrected chi connectivity index (χ0v) is 10.8. The summed E-state index contributed by atoms with van der Waals surface area (Å²) in [4.78, 5) is 0. The maximum atomic E-state index is 11.5. The molecular weight excluding hydrogens is 235 g/mol. The Balaban J connectivity index is 0.000000191. The predicted octanol–water partition coefficient (Wildman–Crippen LogP) is 5.60. The first-order valence-electron chi connectivity index (χ1n) is 5.97. The second kappa shape index (κ2) is 8.65. The lowest BCUT2D eigenvalue weighted by Gasteiger charge is -1.96. The maximum Gasteiger partial charge on any atom is 0.0872 e. The van der Waals surface area contributed by atoms with E-state index in [1.165, 1.54) is 6.08 Å². The van der Waals surface area contributed by atoms with Crippen LogP contribution in [0.1, 0.15) is 16.7 Å². The van der Waals surface area contributed by atoms with Gasteiger partial charge in [0.25, 0.3) is 0 Å². The van der Waals surface area contributed by atoms with Gasteiger partial charge in [-0.05, 0) is 22.8 Å². The van der Waals surface area contributed by atoms with Crippen molar-refractivity contribution in [2.45, 2.75) is 0 Å². The molecule has 0 spiro atoms. The fraction of sp³-hybridized carbons (Fsp3) is 0. The number of rotatable bonds is 3. The Morgan fingerprint density at radius 3 is 1.63 bits per heavy atom. The highest BCUT2D eigenvalue weighted by Gasteiger charge is 1.89. The molecule has 0 radical (unpaired) electrons. The third-order valence-corrected chi connectivity index (χ3v) is 2.49. The number of benzene rings is 2. The van der Waals surface area contributed by atoms with Crippen molar-refractivity contribution in [3.8, 4) is 0 Å². The van der Waals surface area contributed by atoms with Crippen LogP contribution in [0.5, 0.6) is 0 Å². The quantitative estimate of drug-likeness (QED) is 0.667. The third-order valence-electron chi connectivity index (χ3n) is 2.49. The lowest BCUT2D eigenvalue weighted by molar-refractivity contribution is 0.727. The summed E-state index contributed by atoms with van der Waals surface area (Å²) in [5.41, 5.74) is 3.16. The molecule has 2 rings (SSSR count). The average Bonchev–Trinajstić information content (AvgIpc) is 2.49. The van der Waals surface area contributed by atoms with Crippen LogP contribution in [-0.4, -0.2) is 0 Å². The van der Waals surface area contributed by atoms with Gasteiger partial charge in [0.15, 0.2) is 0 Å². The Bertz CT molecular complexity index is 512. The van der Waals surface area contributed by atoms with Crippen molar-refractivity contribution < 1.29 is 4.39 Å². The van der Waals surface area contributed by atoms with Crippen molar-refractivity contribution in [2.24, 2.45) is 0 Å². The van der Waals surface area contributed by atoms with Crippen molar-refractivity contribution in [1.29, 1.82) is 0 Å². The molecule has 2 aromatic carbocycles. The van der Waals surface area contributed by atoms with Gasteiger partial charge in [-0.15, -0.1) is 0 Å². The Morgan fingerprint density at radius 2 is 1.21 bits per heavy atom. The second-order valence-electron chi connectivity index (χ2n) is 3.74. The van der Waals surface area contributed by atoms with Crippen LogP contribution in [0, 0.1) is 0 Å². The van der Waals surface area contributed by atoms with Gasteiger partial charge in [-0.1, -0.05) is 79.9 Å².